The van der Waals surface area contributed by atoms with Gasteiger partial charge in [-0.25, -0.2) is 4.84 Å². The molecule has 0 bridgehead atoms. The largest absolute Gasteiger partial charge is 0.303 e. The van der Waals surface area contributed by atoms with Crippen LogP contribution >= 0.6 is 0 Å². The van der Waals surface area contributed by atoms with Crippen LogP contribution in [-0.4, -0.2) is 17.0 Å². The zero-order chi connectivity index (χ0) is 11.1. The van der Waals surface area contributed by atoms with Gasteiger partial charge in [0.25, 0.3) is 5.91 Å². The van der Waals surface area contributed by atoms with E-state index in [-0.39, 0.29) is 12.1 Å². The van der Waals surface area contributed by atoms with Gasteiger partial charge >= 0.3 is 0 Å². The van der Waals surface area contributed by atoms with Crippen molar-refractivity contribution in [2.75, 3.05) is 0 Å². The number of hydroxylamine groups is 1. The van der Waals surface area contributed by atoms with Crippen molar-refractivity contribution in [2.24, 2.45) is 0 Å². The minimum Gasteiger partial charge on any atom is -0.303 e. The Morgan fingerprint density at radius 1 is 1.44 bits per heavy atom. The van der Waals surface area contributed by atoms with Crippen molar-refractivity contribution >= 4 is 5.91 Å². The van der Waals surface area contributed by atoms with Gasteiger partial charge in [0.1, 0.15) is 0 Å². The van der Waals surface area contributed by atoms with Gasteiger partial charge in [0.2, 0.25) is 0 Å². The number of hydrogen-bond acceptors (Lipinski definition) is 3. The topological polar surface area (TPSA) is 41.6 Å². The van der Waals surface area contributed by atoms with Crippen LogP contribution in [0.25, 0.3) is 0 Å². The maximum Gasteiger partial charge on any atom is 0.256 e. The Hall–Kier alpha value is -1.81. The number of fused-ring (bicyclic) bond motifs is 1. The van der Waals surface area contributed by atoms with Crippen molar-refractivity contribution in [3.05, 3.63) is 47.2 Å². The van der Waals surface area contributed by atoms with Crippen molar-refractivity contribution in [3.8, 4) is 0 Å². The molecule has 4 nitrogen and oxygen atoms in total. The molecule has 0 radical (unpaired) electrons. The van der Waals surface area contributed by atoms with Crippen LogP contribution in [0, 0.1) is 0 Å². The molecule has 2 heterocycles. The van der Waals surface area contributed by atoms with Crippen LogP contribution in [0.1, 0.15) is 22.8 Å². The van der Waals surface area contributed by atoms with Gasteiger partial charge in [-0.2, -0.15) is 0 Å². The van der Waals surface area contributed by atoms with Gasteiger partial charge in [-0.3, -0.25) is 10.3 Å². The maximum atomic E-state index is 12.1. The Labute approximate surface area is 93.5 Å². The van der Waals surface area contributed by atoms with E-state index in [2.05, 4.69) is 5.48 Å². The molecule has 16 heavy (non-hydrogen) atoms. The summed E-state index contributed by atoms with van der Waals surface area (Å²) >= 11 is 0. The molecule has 3 rings (SSSR count). The molecule has 2 aliphatic rings. The van der Waals surface area contributed by atoms with Crippen LogP contribution < -0.4 is 5.48 Å². The quantitative estimate of drug-likeness (QED) is 0.771. The van der Waals surface area contributed by atoms with Gasteiger partial charge < -0.3 is 4.90 Å². The van der Waals surface area contributed by atoms with Gasteiger partial charge in [0.05, 0.1) is 0 Å². The Morgan fingerprint density at radius 2 is 2.25 bits per heavy atom. The zero-order valence-electron chi connectivity index (χ0n) is 8.93. The lowest BCUT2D eigenvalue weighted by Gasteiger charge is -2.20. The molecular formula is C12H12N2O2. The lowest BCUT2D eigenvalue weighted by molar-refractivity contribution is -0.0402. The third kappa shape index (κ3) is 1.31. The van der Waals surface area contributed by atoms with E-state index in [1.807, 2.05) is 37.3 Å². The van der Waals surface area contributed by atoms with E-state index in [9.17, 15) is 4.79 Å². The number of hydrogen-bond donors (Lipinski definition) is 1. The number of nitrogens with zero attached hydrogens (tertiary/aromatic N) is 1. The lowest BCUT2D eigenvalue weighted by Crippen LogP contribution is -2.35. The number of amides is 1. The molecule has 1 amide bonds. The SMILES string of the molecule is CC1=CC(N2Cc3ccccc3C2=O)ON1. The third-order valence-corrected chi connectivity index (χ3v) is 2.89. The van der Waals surface area contributed by atoms with Crippen molar-refractivity contribution < 1.29 is 9.63 Å². The molecule has 2 aliphatic heterocycles. The Morgan fingerprint density at radius 3 is 2.94 bits per heavy atom. The van der Waals surface area contributed by atoms with Crippen LogP contribution in [0.15, 0.2) is 36.0 Å². The summed E-state index contributed by atoms with van der Waals surface area (Å²) in [5.41, 5.74) is 5.55. The number of rotatable bonds is 1. The molecule has 1 unspecified atom stereocenters. The van der Waals surface area contributed by atoms with E-state index in [0.29, 0.717) is 6.54 Å². The molecule has 0 saturated carbocycles. The molecule has 1 aromatic carbocycles. The summed E-state index contributed by atoms with van der Waals surface area (Å²) in [5, 5.41) is 0. The molecule has 0 spiro atoms. The summed E-state index contributed by atoms with van der Waals surface area (Å²) in [6.45, 7) is 2.53. The summed E-state index contributed by atoms with van der Waals surface area (Å²) in [7, 11) is 0. The fraction of sp³-hybridized carbons (Fsp3) is 0.250. The minimum absolute atomic E-state index is 0.0355. The Bertz CT molecular complexity index is 482. The number of carbonyl (C=O) groups is 1. The summed E-state index contributed by atoms with van der Waals surface area (Å²) in [6.07, 6.45) is 1.61. The highest BCUT2D eigenvalue weighted by Gasteiger charge is 2.33. The minimum atomic E-state index is -0.292. The first kappa shape index (κ1) is 9.42. The fourth-order valence-electron chi connectivity index (χ4n) is 2.07. The average Bonchev–Trinajstić information content (AvgIpc) is 2.84. The van der Waals surface area contributed by atoms with E-state index < -0.39 is 0 Å². The standard InChI is InChI=1S/C12H12N2O2/c1-8-6-11(16-13-8)14-7-9-4-2-3-5-10(9)12(14)15/h2-6,11,13H,7H2,1H3. The second-order valence-corrected chi connectivity index (χ2v) is 4.05. The van der Waals surface area contributed by atoms with Gasteiger partial charge in [-0.05, 0) is 24.6 Å². The molecule has 0 saturated heterocycles. The van der Waals surface area contributed by atoms with E-state index in [0.717, 1.165) is 16.8 Å². The predicted octanol–water partition coefficient (Wildman–Crippen LogP) is 1.41. The molecule has 1 atom stereocenters. The third-order valence-electron chi connectivity index (χ3n) is 2.89. The molecule has 82 valence electrons. The van der Waals surface area contributed by atoms with Gasteiger partial charge in [0, 0.05) is 17.8 Å². The van der Waals surface area contributed by atoms with E-state index in [1.54, 1.807) is 4.90 Å². The van der Waals surface area contributed by atoms with E-state index in [4.69, 9.17) is 4.84 Å². The van der Waals surface area contributed by atoms with E-state index in [1.165, 1.54) is 0 Å². The van der Waals surface area contributed by atoms with Crippen LogP contribution in [0.5, 0.6) is 0 Å². The lowest BCUT2D eigenvalue weighted by atomic mass is 10.1. The number of carbonyl (C=O) groups excluding carboxylic acids is 1. The smallest absolute Gasteiger partial charge is 0.256 e. The first-order valence-electron chi connectivity index (χ1n) is 5.24. The molecule has 4 heteroatoms. The van der Waals surface area contributed by atoms with Gasteiger partial charge in [-0.1, -0.05) is 18.2 Å². The molecule has 0 fully saturated rings. The summed E-state index contributed by atoms with van der Waals surface area (Å²) < 4.78 is 0. The molecule has 0 aliphatic carbocycles. The van der Waals surface area contributed by atoms with Crippen LogP contribution in [-0.2, 0) is 11.4 Å². The van der Waals surface area contributed by atoms with Crippen LogP contribution in [0.2, 0.25) is 0 Å². The van der Waals surface area contributed by atoms with Crippen LogP contribution in [0.4, 0.5) is 0 Å². The maximum absolute atomic E-state index is 12.1. The highest BCUT2D eigenvalue weighted by atomic mass is 16.7. The van der Waals surface area contributed by atoms with Gasteiger partial charge in [0.15, 0.2) is 6.23 Å². The highest BCUT2D eigenvalue weighted by Crippen LogP contribution is 2.26. The number of benzene rings is 1. The number of allylic oxidation sites excluding steroid dienone is 1. The normalized spacial score (nSPS) is 23.1. The Balaban J connectivity index is 1.90. The van der Waals surface area contributed by atoms with E-state index >= 15 is 0 Å². The van der Waals surface area contributed by atoms with Crippen molar-refractivity contribution in [2.45, 2.75) is 19.7 Å². The monoisotopic (exact) mass is 216 g/mol. The molecule has 1 N–H and O–H groups in total. The van der Waals surface area contributed by atoms with Crippen LogP contribution in [0.3, 0.4) is 0 Å². The summed E-state index contributed by atoms with van der Waals surface area (Å²) in [4.78, 5) is 19.1. The van der Waals surface area contributed by atoms with Crippen molar-refractivity contribution in [3.63, 3.8) is 0 Å². The average molecular weight is 216 g/mol. The number of nitrogens with one attached hydrogen (secondary N) is 1. The van der Waals surface area contributed by atoms with Gasteiger partial charge in [-0.15, -0.1) is 0 Å². The van der Waals surface area contributed by atoms with Crippen molar-refractivity contribution in [1.29, 1.82) is 0 Å². The molecular weight excluding hydrogens is 204 g/mol. The zero-order valence-corrected chi connectivity index (χ0v) is 8.93. The second-order valence-electron chi connectivity index (χ2n) is 4.05. The summed E-state index contributed by atoms with van der Waals surface area (Å²) in [6, 6.07) is 7.67. The fourth-order valence-corrected chi connectivity index (χ4v) is 2.07. The Kier molecular flexibility index (Phi) is 1.97. The molecule has 1 aromatic rings. The second kappa shape index (κ2) is 3.35. The first-order chi connectivity index (χ1) is 7.75. The molecule has 0 aromatic heterocycles. The summed E-state index contributed by atoms with van der Waals surface area (Å²) in [5.74, 6) is 0.0355. The predicted molar refractivity (Wildman–Crippen MR) is 58.1 cm³/mol. The highest BCUT2D eigenvalue weighted by molar-refractivity contribution is 5.98. The van der Waals surface area contributed by atoms with Crippen molar-refractivity contribution in [1.82, 2.24) is 10.4 Å². The first-order valence-corrected chi connectivity index (χ1v) is 5.24.